The van der Waals surface area contributed by atoms with E-state index in [4.69, 9.17) is 4.74 Å². The van der Waals surface area contributed by atoms with Crippen LogP contribution in [-0.4, -0.2) is 23.7 Å². The molecule has 0 radical (unpaired) electrons. The van der Waals surface area contributed by atoms with Crippen LogP contribution in [0.25, 0.3) is 0 Å². The molecular weight excluding hydrogens is 223 g/mol. The van der Waals surface area contributed by atoms with Gasteiger partial charge in [0, 0.05) is 11.9 Å². The van der Waals surface area contributed by atoms with Crippen molar-refractivity contribution < 1.29 is 9.13 Å². The Morgan fingerprint density at radius 3 is 2.83 bits per heavy atom. The molecule has 0 aliphatic heterocycles. The van der Waals surface area contributed by atoms with E-state index in [0.29, 0.717) is 11.9 Å². The van der Waals surface area contributed by atoms with Crippen LogP contribution >= 0.6 is 15.9 Å². The molecule has 2 atom stereocenters. The zero-order chi connectivity index (χ0) is 9.03. The molecule has 1 nitrogen and oxygen atoms in total. The van der Waals surface area contributed by atoms with Crippen molar-refractivity contribution in [2.75, 3.05) is 11.9 Å². The molecule has 0 bridgehead atoms. The Morgan fingerprint density at radius 1 is 1.58 bits per heavy atom. The van der Waals surface area contributed by atoms with Gasteiger partial charge in [-0.05, 0) is 19.1 Å². The normalized spacial score (nSPS) is 34.1. The fraction of sp³-hybridized carbons (Fsp3) is 0.556. The van der Waals surface area contributed by atoms with Gasteiger partial charge in [0.1, 0.15) is 5.60 Å². The summed E-state index contributed by atoms with van der Waals surface area (Å²) in [5.41, 5.74) is -0.788. The quantitative estimate of drug-likeness (QED) is 0.683. The molecule has 0 aromatic heterocycles. The SMILES string of the molecule is CCOC1(CBr)C=CC=CC1F. The molecule has 3 heteroatoms. The van der Waals surface area contributed by atoms with E-state index in [1.807, 2.05) is 13.0 Å². The van der Waals surface area contributed by atoms with Gasteiger partial charge >= 0.3 is 0 Å². The summed E-state index contributed by atoms with van der Waals surface area (Å²) in [5, 5.41) is 0.482. The van der Waals surface area contributed by atoms with Crippen LogP contribution in [-0.2, 0) is 4.74 Å². The minimum Gasteiger partial charge on any atom is -0.367 e. The summed E-state index contributed by atoms with van der Waals surface area (Å²) in [7, 11) is 0. The van der Waals surface area contributed by atoms with E-state index in [1.54, 1.807) is 12.2 Å². The number of ether oxygens (including phenoxy) is 1. The first-order chi connectivity index (χ1) is 5.75. The van der Waals surface area contributed by atoms with E-state index < -0.39 is 11.8 Å². The Kier molecular flexibility index (Phi) is 3.47. The van der Waals surface area contributed by atoms with Crippen LogP contribution in [0, 0.1) is 0 Å². The molecule has 0 aromatic rings. The Labute approximate surface area is 80.4 Å². The van der Waals surface area contributed by atoms with E-state index in [0.717, 1.165) is 0 Å². The van der Waals surface area contributed by atoms with Gasteiger partial charge in [0.2, 0.25) is 0 Å². The molecule has 0 aromatic carbocycles. The lowest BCUT2D eigenvalue weighted by molar-refractivity contribution is -0.0244. The standard InChI is InChI=1S/C9H12BrFO/c1-2-12-9(7-10)6-4-3-5-8(9)11/h3-6,8H,2,7H2,1H3. The lowest BCUT2D eigenvalue weighted by Crippen LogP contribution is -2.42. The average molecular weight is 235 g/mol. The highest BCUT2D eigenvalue weighted by atomic mass is 79.9. The summed E-state index contributed by atoms with van der Waals surface area (Å²) in [4.78, 5) is 0. The third kappa shape index (κ3) is 1.77. The third-order valence-corrected chi connectivity index (χ3v) is 2.73. The highest BCUT2D eigenvalue weighted by Crippen LogP contribution is 2.27. The van der Waals surface area contributed by atoms with Gasteiger partial charge in [0.15, 0.2) is 6.17 Å². The molecule has 12 heavy (non-hydrogen) atoms. The van der Waals surface area contributed by atoms with Gasteiger partial charge in [0.05, 0.1) is 0 Å². The van der Waals surface area contributed by atoms with Crippen LogP contribution < -0.4 is 0 Å². The Hall–Kier alpha value is -0.150. The fourth-order valence-corrected chi connectivity index (χ4v) is 1.85. The number of rotatable bonds is 3. The molecule has 1 rings (SSSR count). The minimum atomic E-state index is -1.05. The van der Waals surface area contributed by atoms with Crippen molar-refractivity contribution in [3.05, 3.63) is 24.3 Å². The zero-order valence-electron chi connectivity index (χ0n) is 6.97. The molecule has 0 amide bonds. The number of halogens is 2. The first-order valence-electron chi connectivity index (χ1n) is 3.95. The van der Waals surface area contributed by atoms with E-state index in [2.05, 4.69) is 15.9 Å². The van der Waals surface area contributed by atoms with E-state index in [9.17, 15) is 4.39 Å². The van der Waals surface area contributed by atoms with Gasteiger partial charge in [-0.1, -0.05) is 28.1 Å². The first kappa shape index (κ1) is 9.93. The summed E-state index contributed by atoms with van der Waals surface area (Å²) >= 11 is 3.26. The maximum Gasteiger partial charge on any atom is 0.152 e. The van der Waals surface area contributed by atoms with Crippen molar-refractivity contribution >= 4 is 15.9 Å². The maximum atomic E-state index is 13.4. The minimum absolute atomic E-state index is 0.482. The Morgan fingerprint density at radius 2 is 2.33 bits per heavy atom. The second-order valence-electron chi connectivity index (χ2n) is 2.67. The van der Waals surface area contributed by atoms with Crippen LogP contribution in [0.2, 0.25) is 0 Å². The van der Waals surface area contributed by atoms with Crippen molar-refractivity contribution in [1.29, 1.82) is 0 Å². The van der Waals surface area contributed by atoms with Crippen molar-refractivity contribution in [3.8, 4) is 0 Å². The highest BCUT2D eigenvalue weighted by molar-refractivity contribution is 9.09. The molecule has 0 saturated heterocycles. The Balaban J connectivity index is 2.77. The van der Waals surface area contributed by atoms with Gasteiger partial charge in [-0.2, -0.15) is 0 Å². The molecule has 2 unspecified atom stereocenters. The van der Waals surface area contributed by atoms with Gasteiger partial charge in [0.25, 0.3) is 0 Å². The molecule has 0 heterocycles. The molecule has 68 valence electrons. The van der Waals surface area contributed by atoms with Crippen LogP contribution in [0.15, 0.2) is 24.3 Å². The van der Waals surface area contributed by atoms with Crippen molar-refractivity contribution in [1.82, 2.24) is 0 Å². The van der Waals surface area contributed by atoms with Crippen LogP contribution in [0.3, 0.4) is 0 Å². The smallest absolute Gasteiger partial charge is 0.152 e. The first-order valence-corrected chi connectivity index (χ1v) is 5.07. The topological polar surface area (TPSA) is 9.23 Å². The van der Waals surface area contributed by atoms with E-state index >= 15 is 0 Å². The second kappa shape index (κ2) is 4.19. The van der Waals surface area contributed by atoms with Crippen LogP contribution in [0.5, 0.6) is 0 Å². The van der Waals surface area contributed by atoms with E-state index in [-0.39, 0.29) is 0 Å². The molecule has 0 fully saturated rings. The van der Waals surface area contributed by atoms with Gasteiger partial charge in [-0.15, -0.1) is 0 Å². The van der Waals surface area contributed by atoms with Gasteiger partial charge < -0.3 is 4.74 Å². The summed E-state index contributed by atoms with van der Waals surface area (Å²) < 4.78 is 18.8. The lowest BCUT2D eigenvalue weighted by atomic mass is 9.95. The van der Waals surface area contributed by atoms with E-state index in [1.165, 1.54) is 6.08 Å². The summed E-state index contributed by atoms with van der Waals surface area (Å²) in [6, 6.07) is 0. The monoisotopic (exact) mass is 234 g/mol. The van der Waals surface area contributed by atoms with Crippen molar-refractivity contribution in [2.45, 2.75) is 18.7 Å². The maximum absolute atomic E-state index is 13.4. The summed E-state index contributed by atoms with van der Waals surface area (Å²) in [5.74, 6) is 0. The molecule has 0 N–H and O–H groups in total. The fourth-order valence-electron chi connectivity index (χ4n) is 1.19. The molecule has 0 saturated carbocycles. The lowest BCUT2D eigenvalue weighted by Gasteiger charge is -2.31. The number of allylic oxidation sites excluding steroid dienone is 2. The molecular formula is C9H12BrFO. The van der Waals surface area contributed by atoms with Crippen LogP contribution in [0.1, 0.15) is 6.92 Å². The largest absolute Gasteiger partial charge is 0.367 e. The highest BCUT2D eigenvalue weighted by Gasteiger charge is 2.36. The molecule has 0 spiro atoms. The predicted molar refractivity (Wildman–Crippen MR) is 51.3 cm³/mol. The van der Waals surface area contributed by atoms with Crippen LogP contribution in [0.4, 0.5) is 4.39 Å². The number of hydrogen-bond donors (Lipinski definition) is 0. The predicted octanol–water partition coefficient (Wildman–Crippen LogP) is 2.62. The molecule has 1 aliphatic carbocycles. The average Bonchev–Trinajstić information content (AvgIpc) is 2.10. The molecule has 1 aliphatic rings. The summed E-state index contributed by atoms with van der Waals surface area (Å²) in [6.07, 6.45) is 5.73. The second-order valence-corrected chi connectivity index (χ2v) is 3.23. The van der Waals surface area contributed by atoms with Crippen molar-refractivity contribution in [2.24, 2.45) is 0 Å². The van der Waals surface area contributed by atoms with Crippen molar-refractivity contribution in [3.63, 3.8) is 0 Å². The van der Waals surface area contributed by atoms with Gasteiger partial charge in [-0.3, -0.25) is 0 Å². The summed E-state index contributed by atoms with van der Waals surface area (Å²) in [6.45, 7) is 2.38. The van der Waals surface area contributed by atoms with Gasteiger partial charge in [-0.25, -0.2) is 4.39 Å². The Bertz CT molecular complexity index is 203. The number of hydrogen-bond acceptors (Lipinski definition) is 1. The number of alkyl halides is 2. The zero-order valence-corrected chi connectivity index (χ0v) is 8.55. The third-order valence-electron chi connectivity index (χ3n) is 1.86.